The highest BCUT2D eigenvalue weighted by Gasteiger charge is 2.27. The number of methoxy groups -OCH3 is 1. The van der Waals surface area contributed by atoms with Crippen LogP contribution in [-0.4, -0.2) is 42.9 Å². The van der Waals surface area contributed by atoms with Crippen LogP contribution in [0.2, 0.25) is 0 Å². The lowest BCUT2D eigenvalue weighted by Crippen LogP contribution is -2.40. The van der Waals surface area contributed by atoms with Gasteiger partial charge in [0.05, 0.1) is 18.2 Å². The molecule has 6 nitrogen and oxygen atoms in total. The standard InChI is InChI=1S/C24H27FN2O4/c1-31-24(30)20-10-4-3-9-19(20)23(29)27-14-6-7-17(16-27)12-13-22(28)26-15-18-8-2-5-11-21(18)25/h2-5,8-11,17H,6-7,12-16H2,1H3,(H,26,28)/t17-/m0/s1. The first-order valence-corrected chi connectivity index (χ1v) is 10.5. The molecule has 0 spiro atoms. The van der Waals surface area contributed by atoms with E-state index in [1.54, 1.807) is 47.4 Å². The number of carbonyl (C=O) groups excluding carboxylic acids is 3. The molecule has 3 rings (SSSR count). The molecular formula is C24H27FN2O4. The number of nitrogens with one attached hydrogen (secondary N) is 1. The summed E-state index contributed by atoms with van der Waals surface area (Å²) in [5, 5.41) is 2.75. The topological polar surface area (TPSA) is 75.7 Å². The summed E-state index contributed by atoms with van der Waals surface area (Å²) in [5.74, 6) is -1.01. The first kappa shape index (κ1) is 22.5. The number of hydrogen-bond donors (Lipinski definition) is 1. The summed E-state index contributed by atoms with van der Waals surface area (Å²) in [4.78, 5) is 38.9. The van der Waals surface area contributed by atoms with Gasteiger partial charge in [0.25, 0.3) is 5.91 Å². The van der Waals surface area contributed by atoms with E-state index in [1.165, 1.54) is 13.2 Å². The van der Waals surface area contributed by atoms with Crippen LogP contribution >= 0.6 is 0 Å². The van der Waals surface area contributed by atoms with Crippen LogP contribution in [-0.2, 0) is 16.1 Å². The van der Waals surface area contributed by atoms with Crippen molar-refractivity contribution in [2.24, 2.45) is 5.92 Å². The molecule has 0 aromatic heterocycles. The second kappa shape index (κ2) is 10.7. The Morgan fingerprint density at radius 2 is 1.81 bits per heavy atom. The minimum atomic E-state index is -0.538. The second-order valence-electron chi connectivity index (χ2n) is 7.70. The molecule has 1 heterocycles. The molecule has 1 saturated heterocycles. The van der Waals surface area contributed by atoms with E-state index in [1.807, 2.05) is 0 Å². The van der Waals surface area contributed by atoms with Gasteiger partial charge in [-0.15, -0.1) is 0 Å². The van der Waals surface area contributed by atoms with E-state index in [2.05, 4.69) is 5.32 Å². The molecule has 0 unspecified atom stereocenters. The monoisotopic (exact) mass is 426 g/mol. The molecule has 1 aliphatic rings. The van der Waals surface area contributed by atoms with Crippen LogP contribution in [0.25, 0.3) is 0 Å². The van der Waals surface area contributed by atoms with Crippen LogP contribution in [0.3, 0.4) is 0 Å². The first-order chi connectivity index (χ1) is 15.0. The Balaban J connectivity index is 1.53. The van der Waals surface area contributed by atoms with Gasteiger partial charge in [0.1, 0.15) is 5.82 Å². The van der Waals surface area contributed by atoms with E-state index in [4.69, 9.17) is 4.74 Å². The number of likely N-dealkylation sites (tertiary alicyclic amines) is 1. The highest BCUT2D eigenvalue weighted by atomic mass is 19.1. The van der Waals surface area contributed by atoms with Gasteiger partial charge in [-0.2, -0.15) is 0 Å². The Hall–Kier alpha value is -3.22. The number of rotatable bonds is 7. The molecule has 7 heteroatoms. The number of piperidine rings is 1. The zero-order valence-electron chi connectivity index (χ0n) is 17.6. The molecular weight excluding hydrogens is 399 g/mol. The number of benzene rings is 2. The highest BCUT2D eigenvalue weighted by molar-refractivity contribution is 6.05. The Morgan fingerprint density at radius 3 is 2.55 bits per heavy atom. The van der Waals surface area contributed by atoms with Crippen molar-refractivity contribution in [1.82, 2.24) is 10.2 Å². The summed E-state index contributed by atoms with van der Waals surface area (Å²) < 4.78 is 18.4. The summed E-state index contributed by atoms with van der Waals surface area (Å²) in [6.07, 6.45) is 2.74. The molecule has 2 aromatic rings. The van der Waals surface area contributed by atoms with Crippen LogP contribution in [0.4, 0.5) is 4.39 Å². The number of esters is 1. The maximum Gasteiger partial charge on any atom is 0.338 e. The number of halogens is 1. The van der Waals surface area contributed by atoms with Gasteiger partial charge >= 0.3 is 5.97 Å². The number of nitrogens with zero attached hydrogens (tertiary/aromatic N) is 1. The lowest BCUT2D eigenvalue weighted by atomic mass is 9.92. The fourth-order valence-electron chi connectivity index (χ4n) is 3.87. The van der Waals surface area contributed by atoms with Gasteiger partial charge in [-0.3, -0.25) is 9.59 Å². The van der Waals surface area contributed by atoms with Crippen molar-refractivity contribution >= 4 is 17.8 Å². The Labute approximate surface area is 181 Å². The predicted molar refractivity (Wildman–Crippen MR) is 114 cm³/mol. The number of carbonyl (C=O) groups is 3. The van der Waals surface area contributed by atoms with Gasteiger partial charge in [-0.25, -0.2) is 9.18 Å². The summed E-state index contributed by atoms with van der Waals surface area (Å²) in [5.41, 5.74) is 1.04. The van der Waals surface area contributed by atoms with Gasteiger partial charge in [0, 0.05) is 31.6 Å². The fourth-order valence-corrected chi connectivity index (χ4v) is 3.87. The molecule has 1 fully saturated rings. The van der Waals surface area contributed by atoms with Crippen molar-refractivity contribution in [2.75, 3.05) is 20.2 Å². The highest BCUT2D eigenvalue weighted by Crippen LogP contribution is 2.23. The van der Waals surface area contributed by atoms with Gasteiger partial charge in [-0.1, -0.05) is 30.3 Å². The Bertz CT molecular complexity index is 947. The van der Waals surface area contributed by atoms with E-state index >= 15 is 0 Å². The van der Waals surface area contributed by atoms with Crippen molar-refractivity contribution in [3.05, 3.63) is 71.0 Å². The zero-order valence-corrected chi connectivity index (χ0v) is 17.6. The van der Waals surface area contributed by atoms with E-state index in [0.29, 0.717) is 37.1 Å². The average molecular weight is 426 g/mol. The minimum Gasteiger partial charge on any atom is -0.465 e. The predicted octanol–water partition coefficient (Wildman–Crippen LogP) is 3.56. The second-order valence-corrected chi connectivity index (χ2v) is 7.70. The van der Waals surface area contributed by atoms with E-state index < -0.39 is 5.97 Å². The Kier molecular flexibility index (Phi) is 7.76. The zero-order chi connectivity index (χ0) is 22.2. The molecule has 0 saturated carbocycles. The molecule has 31 heavy (non-hydrogen) atoms. The van der Waals surface area contributed by atoms with Crippen LogP contribution in [0, 0.1) is 11.7 Å². The average Bonchev–Trinajstić information content (AvgIpc) is 2.81. The molecule has 1 aliphatic heterocycles. The molecule has 1 N–H and O–H groups in total. The quantitative estimate of drug-likeness (QED) is 0.687. The van der Waals surface area contributed by atoms with Crippen molar-refractivity contribution in [1.29, 1.82) is 0 Å². The maximum absolute atomic E-state index is 13.7. The Morgan fingerprint density at radius 1 is 1.10 bits per heavy atom. The summed E-state index contributed by atoms with van der Waals surface area (Å²) in [6.45, 7) is 1.31. The maximum atomic E-state index is 13.7. The van der Waals surface area contributed by atoms with Crippen molar-refractivity contribution < 1.29 is 23.5 Å². The molecule has 1 atom stereocenters. The summed E-state index contributed by atoms with van der Waals surface area (Å²) in [6, 6.07) is 13.0. The third kappa shape index (κ3) is 5.90. The van der Waals surface area contributed by atoms with Gasteiger partial charge in [-0.05, 0) is 43.4 Å². The molecule has 0 bridgehead atoms. The third-order valence-electron chi connectivity index (χ3n) is 5.58. The normalized spacial score (nSPS) is 15.9. The van der Waals surface area contributed by atoms with Gasteiger partial charge in [0.2, 0.25) is 5.91 Å². The molecule has 164 valence electrons. The molecule has 2 amide bonds. The lowest BCUT2D eigenvalue weighted by Gasteiger charge is -2.33. The minimum absolute atomic E-state index is 0.136. The van der Waals surface area contributed by atoms with Crippen molar-refractivity contribution in [3.63, 3.8) is 0 Å². The number of hydrogen-bond acceptors (Lipinski definition) is 4. The van der Waals surface area contributed by atoms with Crippen LogP contribution in [0.5, 0.6) is 0 Å². The fraction of sp³-hybridized carbons (Fsp3) is 0.375. The van der Waals surface area contributed by atoms with Gasteiger partial charge in [0.15, 0.2) is 0 Å². The summed E-state index contributed by atoms with van der Waals surface area (Å²) >= 11 is 0. The molecule has 2 aromatic carbocycles. The van der Waals surface area contributed by atoms with Crippen molar-refractivity contribution in [3.8, 4) is 0 Å². The van der Waals surface area contributed by atoms with Crippen LogP contribution in [0.15, 0.2) is 48.5 Å². The smallest absolute Gasteiger partial charge is 0.338 e. The van der Waals surface area contributed by atoms with Gasteiger partial charge < -0.3 is 15.0 Å². The largest absolute Gasteiger partial charge is 0.465 e. The van der Waals surface area contributed by atoms with Crippen molar-refractivity contribution in [2.45, 2.75) is 32.2 Å². The molecule has 0 radical (unpaired) electrons. The molecule has 0 aliphatic carbocycles. The lowest BCUT2D eigenvalue weighted by molar-refractivity contribution is -0.121. The first-order valence-electron chi connectivity index (χ1n) is 10.5. The number of amides is 2. The number of ether oxygens (including phenoxy) is 1. The SMILES string of the molecule is COC(=O)c1ccccc1C(=O)N1CCC[C@@H](CCC(=O)NCc2ccccc2F)C1. The van der Waals surface area contributed by atoms with E-state index in [-0.39, 0.29) is 35.7 Å². The van der Waals surface area contributed by atoms with Crippen LogP contribution < -0.4 is 5.32 Å². The van der Waals surface area contributed by atoms with E-state index in [9.17, 15) is 18.8 Å². The summed E-state index contributed by atoms with van der Waals surface area (Å²) in [7, 11) is 1.29. The van der Waals surface area contributed by atoms with Crippen LogP contribution in [0.1, 0.15) is 52.0 Å². The third-order valence-corrected chi connectivity index (χ3v) is 5.58. The van der Waals surface area contributed by atoms with E-state index in [0.717, 1.165) is 12.8 Å².